The molecule has 0 saturated heterocycles. The number of anilines is 1. The predicted molar refractivity (Wildman–Crippen MR) is 72.2 cm³/mol. The van der Waals surface area contributed by atoms with E-state index in [1.165, 1.54) is 19.3 Å². The van der Waals surface area contributed by atoms with Crippen molar-refractivity contribution in [1.29, 1.82) is 0 Å². The van der Waals surface area contributed by atoms with Gasteiger partial charge < -0.3 is 14.8 Å². The molecule has 0 heterocycles. The first kappa shape index (κ1) is 13.7. The minimum Gasteiger partial charge on any atom is -0.497 e. The Morgan fingerprint density at radius 3 is 2.59 bits per heavy atom. The van der Waals surface area contributed by atoms with Crippen molar-refractivity contribution in [2.45, 2.75) is 39.2 Å². The van der Waals surface area contributed by atoms with Crippen LogP contribution in [-0.2, 0) is 0 Å². The fraction of sp³-hybridized carbons (Fsp3) is 0.571. The highest BCUT2D eigenvalue weighted by Gasteiger charge is 2.07. The molecular weight excluding hydrogens is 214 g/mol. The molecule has 3 nitrogen and oxygen atoms in total. The van der Waals surface area contributed by atoms with Crippen LogP contribution >= 0.6 is 0 Å². The summed E-state index contributed by atoms with van der Waals surface area (Å²) in [5.41, 5.74) is 1.02. The Bertz CT molecular complexity index is 339. The van der Waals surface area contributed by atoms with Crippen molar-refractivity contribution in [3.8, 4) is 11.5 Å². The van der Waals surface area contributed by atoms with Gasteiger partial charge in [-0.2, -0.15) is 0 Å². The lowest BCUT2D eigenvalue weighted by atomic mass is 10.1. The van der Waals surface area contributed by atoms with Gasteiger partial charge in [0.1, 0.15) is 11.5 Å². The molecule has 96 valence electrons. The number of benzene rings is 1. The summed E-state index contributed by atoms with van der Waals surface area (Å²) < 4.78 is 10.5. The molecule has 0 aliphatic carbocycles. The molecule has 17 heavy (non-hydrogen) atoms. The van der Waals surface area contributed by atoms with Gasteiger partial charge in [0.15, 0.2) is 0 Å². The zero-order valence-electron chi connectivity index (χ0n) is 11.2. The Morgan fingerprint density at radius 1 is 1.24 bits per heavy atom. The maximum absolute atomic E-state index is 5.35. The maximum atomic E-state index is 5.35. The van der Waals surface area contributed by atoms with Crippen LogP contribution in [0, 0.1) is 0 Å². The van der Waals surface area contributed by atoms with E-state index < -0.39 is 0 Å². The second-order valence-corrected chi connectivity index (χ2v) is 4.25. The molecule has 0 aliphatic rings. The summed E-state index contributed by atoms with van der Waals surface area (Å²) in [5.74, 6) is 1.64. The average Bonchev–Trinajstić information content (AvgIpc) is 2.36. The summed E-state index contributed by atoms with van der Waals surface area (Å²) in [6.07, 6.45) is 3.64. The molecule has 0 amide bonds. The molecule has 1 atom stereocenters. The Morgan fingerprint density at radius 2 is 2.00 bits per heavy atom. The molecule has 0 aromatic heterocycles. The van der Waals surface area contributed by atoms with E-state index in [2.05, 4.69) is 19.2 Å². The van der Waals surface area contributed by atoms with Crippen LogP contribution in [0.4, 0.5) is 5.69 Å². The van der Waals surface area contributed by atoms with Crippen molar-refractivity contribution < 1.29 is 9.47 Å². The van der Waals surface area contributed by atoms with Crippen molar-refractivity contribution in [2.24, 2.45) is 0 Å². The largest absolute Gasteiger partial charge is 0.497 e. The smallest absolute Gasteiger partial charge is 0.145 e. The SMILES string of the molecule is CCCCC(C)Nc1ccc(OC)cc1OC. The van der Waals surface area contributed by atoms with E-state index in [1.807, 2.05) is 18.2 Å². The number of methoxy groups -OCH3 is 2. The molecule has 0 saturated carbocycles. The highest BCUT2D eigenvalue weighted by atomic mass is 16.5. The van der Waals surface area contributed by atoms with Gasteiger partial charge in [0.2, 0.25) is 0 Å². The molecule has 0 fully saturated rings. The topological polar surface area (TPSA) is 30.5 Å². The normalized spacial score (nSPS) is 12.0. The van der Waals surface area contributed by atoms with E-state index in [0.29, 0.717) is 6.04 Å². The number of nitrogens with one attached hydrogen (secondary N) is 1. The van der Waals surface area contributed by atoms with Crippen LogP contribution in [0.15, 0.2) is 18.2 Å². The third-order valence-corrected chi connectivity index (χ3v) is 2.80. The molecule has 1 unspecified atom stereocenters. The molecule has 3 heteroatoms. The molecule has 1 aromatic rings. The number of hydrogen-bond donors (Lipinski definition) is 1. The van der Waals surface area contributed by atoms with Gasteiger partial charge in [-0.25, -0.2) is 0 Å². The summed E-state index contributed by atoms with van der Waals surface area (Å²) in [6, 6.07) is 6.30. The van der Waals surface area contributed by atoms with E-state index in [0.717, 1.165) is 17.2 Å². The van der Waals surface area contributed by atoms with Crippen molar-refractivity contribution >= 4 is 5.69 Å². The lowest BCUT2D eigenvalue weighted by Gasteiger charge is -2.17. The predicted octanol–water partition coefficient (Wildman–Crippen LogP) is 3.69. The van der Waals surface area contributed by atoms with E-state index in [4.69, 9.17) is 9.47 Å². The summed E-state index contributed by atoms with van der Waals surface area (Å²) in [6.45, 7) is 4.40. The first-order valence-electron chi connectivity index (χ1n) is 6.19. The molecule has 0 bridgehead atoms. The molecule has 0 spiro atoms. The first-order valence-corrected chi connectivity index (χ1v) is 6.19. The first-order chi connectivity index (χ1) is 8.21. The molecular formula is C14H23NO2. The standard InChI is InChI=1S/C14H23NO2/c1-5-6-7-11(2)15-13-9-8-12(16-3)10-14(13)17-4/h8-11,15H,5-7H2,1-4H3. The zero-order valence-corrected chi connectivity index (χ0v) is 11.2. The fourth-order valence-corrected chi connectivity index (χ4v) is 1.77. The Balaban J connectivity index is 2.69. The van der Waals surface area contributed by atoms with E-state index >= 15 is 0 Å². The number of ether oxygens (including phenoxy) is 2. The van der Waals surface area contributed by atoms with Crippen molar-refractivity contribution in [2.75, 3.05) is 19.5 Å². The number of rotatable bonds is 7. The zero-order chi connectivity index (χ0) is 12.7. The third-order valence-electron chi connectivity index (χ3n) is 2.80. The number of unbranched alkanes of at least 4 members (excludes halogenated alkanes) is 1. The Labute approximate surface area is 104 Å². The average molecular weight is 237 g/mol. The van der Waals surface area contributed by atoms with E-state index in [1.54, 1.807) is 14.2 Å². The van der Waals surface area contributed by atoms with Gasteiger partial charge in [-0.1, -0.05) is 19.8 Å². The van der Waals surface area contributed by atoms with E-state index in [-0.39, 0.29) is 0 Å². The quantitative estimate of drug-likeness (QED) is 0.784. The molecule has 1 aromatic carbocycles. The summed E-state index contributed by atoms with van der Waals surface area (Å²) in [5, 5.41) is 3.47. The summed E-state index contributed by atoms with van der Waals surface area (Å²) in [4.78, 5) is 0. The van der Waals surface area contributed by atoms with Gasteiger partial charge in [-0.15, -0.1) is 0 Å². The minimum atomic E-state index is 0.456. The van der Waals surface area contributed by atoms with Gasteiger partial charge >= 0.3 is 0 Å². The highest BCUT2D eigenvalue weighted by Crippen LogP contribution is 2.29. The monoisotopic (exact) mass is 237 g/mol. The molecule has 1 N–H and O–H groups in total. The molecule has 0 radical (unpaired) electrons. The highest BCUT2D eigenvalue weighted by molar-refractivity contribution is 5.59. The van der Waals surface area contributed by atoms with Crippen molar-refractivity contribution in [3.63, 3.8) is 0 Å². The van der Waals surface area contributed by atoms with Crippen LogP contribution in [-0.4, -0.2) is 20.3 Å². The Kier molecular flexibility index (Phi) is 5.67. The van der Waals surface area contributed by atoms with Crippen LogP contribution in [0.5, 0.6) is 11.5 Å². The van der Waals surface area contributed by atoms with Gasteiger partial charge in [-0.3, -0.25) is 0 Å². The lowest BCUT2D eigenvalue weighted by molar-refractivity contribution is 0.395. The van der Waals surface area contributed by atoms with Crippen molar-refractivity contribution in [3.05, 3.63) is 18.2 Å². The minimum absolute atomic E-state index is 0.456. The van der Waals surface area contributed by atoms with Gasteiger partial charge in [0, 0.05) is 12.1 Å². The van der Waals surface area contributed by atoms with Crippen LogP contribution in [0.1, 0.15) is 33.1 Å². The van der Waals surface area contributed by atoms with E-state index in [9.17, 15) is 0 Å². The second-order valence-electron chi connectivity index (χ2n) is 4.25. The maximum Gasteiger partial charge on any atom is 0.145 e. The second kappa shape index (κ2) is 7.05. The number of hydrogen-bond acceptors (Lipinski definition) is 3. The lowest BCUT2D eigenvalue weighted by Crippen LogP contribution is -2.15. The van der Waals surface area contributed by atoms with Crippen LogP contribution < -0.4 is 14.8 Å². The van der Waals surface area contributed by atoms with Crippen LogP contribution in [0.3, 0.4) is 0 Å². The van der Waals surface area contributed by atoms with Crippen LogP contribution in [0.25, 0.3) is 0 Å². The van der Waals surface area contributed by atoms with Crippen molar-refractivity contribution in [1.82, 2.24) is 0 Å². The fourth-order valence-electron chi connectivity index (χ4n) is 1.77. The molecule has 1 rings (SSSR count). The molecule has 0 aliphatic heterocycles. The van der Waals surface area contributed by atoms with Gasteiger partial charge in [-0.05, 0) is 25.5 Å². The Hall–Kier alpha value is -1.38. The van der Waals surface area contributed by atoms with Gasteiger partial charge in [0.25, 0.3) is 0 Å². The van der Waals surface area contributed by atoms with Crippen LogP contribution in [0.2, 0.25) is 0 Å². The third kappa shape index (κ3) is 4.17. The summed E-state index contributed by atoms with van der Waals surface area (Å²) >= 11 is 0. The summed E-state index contributed by atoms with van der Waals surface area (Å²) in [7, 11) is 3.34. The van der Waals surface area contributed by atoms with Gasteiger partial charge in [0.05, 0.1) is 19.9 Å².